The van der Waals surface area contributed by atoms with Crippen LogP contribution in [-0.4, -0.2) is 39.0 Å². The van der Waals surface area contributed by atoms with Crippen molar-refractivity contribution in [2.24, 2.45) is 0 Å². The van der Waals surface area contributed by atoms with Crippen molar-refractivity contribution in [3.8, 4) is 0 Å². The van der Waals surface area contributed by atoms with Crippen molar-refractivity contribution in [2.45, 2.75) is 75.8 Å². The summed E-state index contributed by atoms with van der Waals surface area (Å²) in [6.07, 6.45) is 7.64. The number of nitrogens with one attached hydrogen (secondary N) is 3. The van der Waals surface area contributed by atoms with Crippen LogP contribution < -0.4 is 15.4 Å². The highest BCUT2D eigenvalue weighted by Crippen LogP contribution is 2.17. The van der Waals surface area contributed by atoms with Crippen LogP contribution in [0.3, 0.4) is 0 Å². The third-order valence-electron chi connectivity index (χ3n) is 4.57. The van der Waals surface area contributed by atoms with Gasteiger partial charge in [-0.2, -0.15) is 0 Å². The Morgan fingerprint density at radius 2 is 1.59 bits per heavy atom. The number of hydrogen-bond acceptors (Lipinski definition) is 4. The lowest BCUT2D eigenvalue weighted by molar-refractivity contribution is 0.0953. The van der Waals surface area contributed by atoms with E-state index in [1.54, 1.807) is 32.9 Å². The summed E-state index contributed by atoms with van der Waals surface area (Å²) in [6.45, 7) is 6.67. The first-order chi connectivity index (χ1) is 12.7. The number of hydrogen-bond donors (Lipinski definition) is 3. The molecule has 0 aliphatic heterocycles. The molecule has 0 aromatic heterocycles. The smallest absolute Gasteiger partial charge is 0.251 e. The maximum Gasteiger partial charge on any atom is 0.251 e. The van der Waals surface area contributed by atoms with Crippen LogP contribution in [0.2, 0.25) is 0 Å². The number of rotatable bonds is 7. The molecule has 3 N–H and O–H groups in total. The van der Waals surface area contributed by atoms with Gasteiger partial charge in [0.1, 0.15) is 0 Å². The molecular weight excluding hydrogens is 362 g/mol. The van der Waals surface area contributed by atoms with E-state index in [9.17, 15) is 13.2 Å². The second kappa shape index (κ2) is 9.66. The van der Waals surface area contributed by atoms with Crippen molar-refractivity contribution in [3.05, 3.63) is 29.8 Å². The molecule has 27 heavy (non-hydrogen) atoms. The summed E-state index contributed by atoms with van der Waals surface area (Å²) in [7, 11) is -3.59. The fourth-order valence-electron chi connectivity index (χ4n) is 3.29. The van der Waals surface area contributed by atoms with E-state index in [0.29, 0.717) is 18.2 Å². The average Bonchev–Trinajstić information content (AvgIpc) is 2.85. The van der Waals surface area contributed by atoms with E-state index >= 15 is 0 Å². The maximum absolute atomic E-state index is 12.3. The van der Waals surface area contributed by atoms with Crippen LogP contribution in [0.25, 0.3) is 0 Å². The lowest BCUT2D eigenvalue weighted by Crippen LogP contribution is -2.40. The topological polar surface area (TPSA) is 87.3 Å². The monoisotopic (exact) mass is 395 g/mol. The van der Waals surface area contributed by atoms with Crippen molar-refractivity contribution in [1.82, 2.24) is 15.4 Å². The second-order valence-corrected chi connectivity index (χ2v) is 9.96. The fraction of sp³-hybridized carbons (Fsp3) is 0.650. The molecule has 152 valence electrons. The Balaban J connectivity index is 1.81. The lowest BCUT2D eigenvalue weighted by atomic mass is 10.1. The Kier molecular flexibility index (Phi) is 7.82. The zero-order chi connectivity index (χ0) is 19.9. The molecular formula is C20H33N3O3S. The summed E-state index contributed by atoms with van der Waals surface area (Å²) >= 11 is 0. The minimum absolute atomic E-state index is 0.156. The predicted molar refractivity (Wildman–Crippen MR) is 108 cm³/mol. The summed E-state index contributed by atoms with van der Waals surface area (Å²) in [5.74, 6) is -0.189. The van der Waals surface area contributed by atoms with E-state index in [1.807, 2.05) is 0 Å². The van der Waals surface area contributed by atoms with E-state index in [2.05, 4.69) is 15.4 Å². The SMILES string of the molecule is CC(C)(C)NS(=O)(=O)c1ccc(C(=O)NCCNC2CCCCCC2)cc1. The molecule has 1 saturated carbocycles. The zero-order valence-electron chi connectivity index (χ0n) is 16.7. The normalized spacial score (nSPS) is 16.7. The number of carbonyl (C=O) groups excluding carboxylic acids is 1. The van der Waals surface area contributed by atoms with Crippen LogP contribution in [0.15, 0.2) is 29.2 Å². The van der Waals surface area contributed by atoms with Crippen molar-refractivity contribution in [2.75, 3.05) is 13.1 Å². The molecule has 1 fully saturated rings. The third kappa shape index (κ3) is 7.60. The Bertz CT molecular complexity index is 701. The Morgan fingerprint density at radius 1 is 1.00 bits per heavy atom. The molecule has 1 amide bonds. The van der Waals surface area contributed by atoms with Crippen LogP contribution >= 0.6 is 0 Å². The van der Waals surface area contributed by atoms with Gasteiger partial charge in [-0.3, -0.25) is 4.79 Å². The van der Waals surface area contributed by atoms with Crippen LogP contribution in [0, 0.1) is 0 Å². The molecule has 0 saturated heterocycles. The predicted octanol–water partition coefficient (Wildman–Crippen LogP) is 2.81. The van der Waals surface area contributed by atoms with Gasteiger partial charge in [-0.1, -0.05) is 25.7 Å². The van der Waals surface area contributed by atoms with Gasteiger partial charge in [0.25, 0.3) is 5.91 Å². The standard InChI is InChI=1S/C20H33N3O3S/c1-20(2,3)23-27(25,26)18-12-10-16(11-13-18)19(24)22-15-14-21-17-8-6-4-5-7-9-17/h10-13,17,21,23H,4-9,14-15H2,1-3H3,(H,22,24). The molecule has 1 aliphatic carbocycles. The highest BCUT2D eigenvalue weighted by Gasteiger charge is 2.22. The van der Waals surface area contributed by atoms with Gasteiger partial charge in [-0.05, 0) is 57.9 Å². The molecule has 1 aromatic carbocycles. The van der Waals surface area contributed by atoms with E-state index in [0.717, 1.165) is 6.54 Å². The van der Waals surface area contributed by atoms with Gasteiger partial charge < -0.3 is 10.6 Å². The van der Waals surface area contributed by atoms with Crippen molar-refractivity contribution >= 4 is 15.9 Å². The van der Waals surface area contributed by atoms with Gasteiger partial charge in [0.2, 0.25) is 10.0 Å². The molecule has 0 atom stereocenters. The van der Waals surface area contributed by atoms with Crippen LogP contribution in [0.4, 0.5) is 0 Å². The minimum atomic E-state index is -3.59. The van der Waals surface area contributed by atoms with Gasteiger partial charge in [-0.25, -0.2) is 13.1 Å². The lowest BCUT2D eigenvalue weighted by Gasteiger charge is -2.20. The van der Waals surface area contributed by atoms with Crippen molar-refractivity contribution in [1.29, 1.82) is 0 Å². The van der Waals surface area contributed by atoms with Gasteiger partial charge in [-0.15, -0.1) is 0 Å². The number of sulfonamides is 1. The molecule has 0 bridgehead atoms. The third-order valence-corrected chi connectivity index (χ3v) is 6.34. The van der Waals surface area contributed by atoms with E-state index in [4.69, 9.17) is 0 Å². The number of amides is 1. The summed E-state index contributed by atoms with van der Waals surface area (Å²) in [6, 6.07) is 6.58. The van der Waals surface area contributed by atoms with Crippen molar-refractivity contribution < 1.29 is 13.2 Å². The Labute approximate surface area is 163 Å². The molecule has 1 aromatic rings. The van der Waals surface area contributed by atoms with Crippen LogP contribution in [0.5, 0.6) is 0 Å². The highest BCUT2D eigenvalue weighted by atomic mass is 32.2. The zero-order valence-corrected chi connectivity index (χ0v) is 17.5. The molecule has 0 spiro atoms. The molecule has 0 heterocycles. The van der Waals surface area contributed by atoms with Crippen molar-refractivity contribution in [3.63, 3.8) is 0 Å². The molecule has 0 radical (unpaired) electrons. The van der Waals surface area contributed by atoms with Gasteiger partial charge in [0.15, 0.2) is 0 Å². The first-order valence-corrected chi connectivity index (χ1v) is 11.3. The maximum atomic E-state index is 12.3. The second-order valence-electron chi connectivity index (χ2n) is 8.28. The molecule has 2 rings (SSSR count). The minimum Gasteiger partial charge on any atom is -0.351 e. The van der Waals surface area contributed by atoms with Crippen LogP contribution in [-0.2, 0) is 10.0 Å². The first kappa shape index (κ1) is 21.9. The summed E-state index contributed by atoms with van der Waals surface area (Å²) in [4.78, 5) is 12.4. The Hall–Kier alpha value is -1.44. The van der Waals surface area contributed by atoms with Crippen LogP contribution in [0.1, 0.15) is 69.7 Å². The Morgan fingerprint density at radius 3 is 2.15 bits per heavy atom. The largest absolute Gasteiger partial charge is 0.351 e. The van der Waals surface area contributed by atoms with E-state index in [-0.39, 0.29) is 10.8 Å². The fourth-order valence-corrected chi connectivity index (χ4v) is 4.70. The van der Waals surface area contributed by atoms with E-state index < -0.39 is 15.6 Å². The summed E-state index contributed by atoms with van der Waals surface area (Å²) in [5, 5.41) is 6.40. The summed E-state index contributed by atoms with van der Waals surface area (Å²) < 4.78 is 27.2. The highest BCUT2D eigenvalue weighted by molar-refractivity contribution is 7.89. The summed E-state index contributed by atoms with van der Waals surface area (Å²) in [5.41, 5.74) is -0.0988. The molecule has 7 heteroatoms. The number of benzene rings is 1. The first-order valence-electron chi connectivity index (χ1n) is 9.83. The molecule has 1 aliphatic rings. The van der Waals surface area contributed by atoms with Gasteiger partial charge in [0, 0.05) is 30.2 Å². The van der Waals surface area contributed by atoms with Gasteiger partial charge in [0.05, 0.1) is 4.90 Å². The average molecular weight is 396 g/mol. The molecule has 6 nitrogen and oxygen atoms in total. The van der Waals surface area contributed by atoms with E-state index in [1.165, 1.54) is 50.7 Å². The molecule has 0 unspecified atom stereocenters. The number of carbonyl (C=O) groups is 1. The quantitative estimate of drug-likeness (QED) is 0.489. The van der Waals surface area contributed by atoms with Gasteiger partial charge >= 0.3 is 0 Å².